The van der Waals surface area contributed by atoms with E-state index in [2.05, 4.69) is 15.6 Å². The van der Waals surface area contributed by atoms with Crippen LogP contribution >= 0.6 is 0 Å². The zero-order chi connectivity index (χ0) is 21.2. The van der Waals surface area contributed by atoms with Crippen LogP contribution in [0, 0.1) is 0 Å². The summed E-state index contributed by atoms with van der Waals surface area (Å²) in [7, 11) is 3.43. The second kappa shape index (κ2) is 11.2. The Morgan fingerprint density at radius 2 is 2.00 bits per heavy atom. The second-order valence-electron chi connectivity index (χ2n) is 7.09. The van der Waals surface area contributed by atoms with Crippen LogP contribution in [0.25, 0.3) is 0 Å². The summed E-state index contributed by atoms with van der Waals surface area (Å²) < 4.78 is 10.8. The molecule has 30 heavy (non-hydrogen) atoms. The number of carbonyl (C=O) groups excluding carboxylic acids is 1. The van der Waals surface area contributed by atoms with Crippen molar-refractivity contribution in [3.05, 3.63) is 54.1 Å². The van der Waals surface area contributed by atoms with Crippen LogP contribution in [0.2, 0.25) is 0 Å². The third kappa shape index (κ3) is 6.22. The van der Waals surface area contributed by atoms with Crippen molar-refractivity contribution in [3.8, 4) is 5.75 Å². The minimum Gasteiger partial charge on any atom is -0.493 e. The fraction of sp³-hybridized carbons (Fsp3) is 0.391. The Morgan fingerprint density at radius 1 is 1.17 bits per heavy atom. The van der Waals surface area contributed by atoms with Crippen LogP contribution in [0.4, 0.5) is 11.4 Å². The largest absolute Gasteiger partial charge is 0.493 e. The maximum atomic E-state index is 11.9. The quantitative estimate of drug-likeness (QED) is 0.376. The van der Waals surface area contributed by atoms with Gasteiger partial charge in [-0.1, -0.05) is 18.2 Å². The van der Waals surface area contributed by atoms with E-state index in [1.54, 1.807) is 14.2 Å². The van der Waals surface area contributed by atoms with Crippen LogP contribution in [0.15, 0.2) is 53.5 Å². The monoisotopic (exact) mass is 410 g/mol. The summed E-state index contributed by atoms with van der Waals surface area (Å²) in [5.41, 5.74) is 2.98. The average molecular weight is 411 g/mol. The number of ether oxygens (including phenoxy) is 2. The zero-order valence-electron chi connectivity index (χ0n) is 17.7. The summed E-state index contributed by atoms with van der Waals surface area (Å²) in [5.74, 6) is 1.68. The van der Waals surface area contributed by atoms with Gasteiger partial charge in [-0.15, -0.1) is 0 Å². The van der Waals surface area contributed by atoms with Crippen LogP contribution in [0.5, 0.6) is 5.75 Å². The van der Waals surface area contributed by atoms with E-state index in [-0.39, 0.29) is 5.91 Å². The van der Waals surface area contributed by atoms with E-state index in [0.717, 1.165) is 42.1 Å². The molecule has 1 aliphatic rings. The van der Waals surface area contributed by atoms with Gasteiger partial charge in [-0.2, -0.15) is 0 Å². The van der Waals surface area contributed by atoms with Crippen molar-refractivity contribution in [2.45, 2.75) is 25.8 Å². The summed E-state index contributed by atoms with van der Waals surface area (Å²) in [5, 5.41) is 6.60. The van der Waals surface area contributed by atoms with Crippen molar-refractivity contribution >= 4 is 23.2 Å². The molecule has 1 saturated heterocycles. The highest BCUT2D eigenvalue weighted by Crippen LogP contribution is 2.21. The van der Waals surface area contributed by atoms with Crippen molar-refractivity contribution in [2.75, 3.05) is 44.1 Å². The number of carbonyl (C=O) groups is 1. The SMILES string of the molecule is CN=C(NCc1ccc(N2CCCC2=O)cc1)Nc1cccc(OCCCOC)c1. The average Bonchev–Trinajstić information content (AvgIpc) is 3.21. The van der Waals surface area contributed by atoms with Gasteiger partial charge in [0.1, 0.15) is 5.75 Å². The van der Waals surface area contributed by atoms with Gasteiger partial charge in [-0.3, -0.25) is 9.79 Å². The van der Waals surface area contributed by atoms with Crippen molar-refractivity contribution in [2.24, 2.45) is 4.99 Å². The first kappa shape index (κ1) is 21.6. The molecule has 3 rings (SSSR count). The predicted octanol–water partition coefficient (Wildman–Crippen LogP) is 3.42. The molecule has 2 N–H and O–H groups in total. The van der Waals surface area contributed by atoms with Crippen LogP contribution in [-0.2, 0) is 16.1 Å². The first-order chi connectivity index (χ1) is 14.7. The number of hydrogen-bond acceptors (Lipinski definition) is 4. The Balaban J connectivity index is 1.50. The number of benzene rings is 2. The van der Waals surface area contributed by atoms with Gasteiger partial charge in [0.25, 0.3) is 0 Å². The molecule has 7 nitrogen and oxygen atoms in total. The standard InChI is InChI=1S/C23H30N4O3/c1-24-23(26-19-6-3-7-21(16-19)30-15-5-14-29-2)25-17-18-9-11-20(12-10-18)27-13-4-8-22(27)28/h3,6-7,9-12,16H,4-5,8,13-15,17H2,1-2H3,(H2,24,25,26). The number of hydrogen-bond donors (Lipinski definition) is 2. The number of methoxy groups -OCH3 is 1. The third-order valence-corrected chi connectivity index (χ3v) is 4.86. The van der Waals surface area contributed by atoms with Crippen molar-refractivity contribution in [1.29, 1.82) is 0 Å². The van der Waals surface area contributed by atoms with Gasteiger partial charge in [0.05, 0.1) is 6.61 Å². The Hall–Kier alpha value is -3.06. The number of anilines is 2. The van der Waals surface area contributed by atoms with Crippen molar-refractivity contribution in [1.82, 2.24) is 5.32 Å². The number of aliphatic imine (C=N–C) groups is 1. The van der Waals surface area contributed by atoms with Crippen molar-refractivity contribution in [3.63, 3.8) is 0 Å². The molecule has 1 aliphatic heterocycles. The molecule has 0 aliphatic carbocycles. The minimum absolute atomic E-state index is 0.204. The minimum atomic E-state index is 0.204. The normalized spacial score (nSPS) is 14.1. The van der Waals surface area contributed by atoms with Crippen LogP contribution in [-0.4, -0.2) is 45.8 Å². The summed E-state index contributed by atoms with van der Waals surface area (Å²) in [6.45, 7) is 2.73. The Labute approximate surface area is 178 Å². The van der Waals surface area contributed by atoms with Crippen LogP contribution in [0.3, 0.4) is 0 Å². The first-order valence-corrected chi connectivity index (χ1v) is 10.3. The molecular formula is C23H30N4O3. The highest BCUT2D eigenvalue weighted by molar-refractivity contribution is 5.95. The fourth-order valence-electron chi connectivity index (χ4n) is 3.27. The lowest BCUT2D eigenvalue weighted by atomic mass is 10.2. The molecule has 2 aromatic rings. The molecule has 0 unspecified atom stereocenters. The highest BCUT2D eigenvalue weighted by Gasteiger charge is 2.21. The lowest BCUT2D eigenvalue weighted by Gasteiger charge is -2.16. The molecule has 1 heterocycles. The van der Waals surface area contributed by atoms with Crippen LogP contribution < -0.4 is 20.3 Å². The topological polar surface area (TPSA) is 75.2 Å². The predicted molar refractivity (Wildman–Crippen MR) is 120 cm³/mol. The Kier molecular flexibility index (Phi) is 8.09. The van der Waals surface area contributed by atoms with Gasteiger partial charge in [-0.25, -0.2) is 0 Å². The lowest BCUT2D eigenvalue weighted by Crippen LogP contribution is -2.30. The van der Waals surface area contributed by atoms with Gasteiger partial charge < -0.3 is 25.0 Å². The van der Waals surface area contributed by atoms with E-state index in [1.165, 1.54) is 0 Å². The molecule has 2 aromatic carbocycles. The number of amides is 1. The van der Waals surface area contributed by atoms with Crippen LogP contribution in [0.1, 0.15) is 24.8 Å². The summed E-state index contributed by atoms with van der Waals surface area (Å²) >= 11 is 0. The molecule has 7 heteroatoms. The first-order valence-electron chi connectivity index (χ1n) is 10.3. The van der Waals surface area contributed by atoms with Gasteiger partial charge >= 0.3 is 0 Å². The summed E-state index contributed by atoms with van der Waals surface area (Å²) in [4.78, 5) is 18.0. The molecule has 0 radical (unpaired) electrons. The Bertz CT molecular complexity index is 852. The molecule has 0 spiro atoms. The molecule has 0 bridgehead atoms. The van der Waals surface area contributed by atoms with E-state index in [9.17, 15) is 4.79 Å². The number of guanidine groups is 1. The van der Waals surface area contributed by atoms with E-state index >= 15 is 0 Å². The number of nitrogens with zero attached hydrogens (tertiary/aromatic N) is 2. The molecule has 1 fully saturated rings. The highest BCUT2D eigenvalue weighted by atomic mass is 16.5. The molecule has 0 saturated carbocycles. The summed E-state index contributed by atoms with van der Waals surface area (Å²) in [6, 6.07) is 15.9. The third-order valence-electron chi connectivity index (χ3n) is 4.86. The molecule has 0 atom stereocenters. The van der Waals surface area contributed by atoms with Gasteiger partial charge in [0.2, 0.25) is 5.91 Å². The number of nitrogens with one attached hydrogen (secondary N) is 2. The van der Waals surface area contributed by atoms with E-state index in [0.29, 0.717) is 32.1 Å². The molecule has 160 valence electrons. The van der Waals surface area contributed by atoms with Gasteiger partial charge in [0, 0.05) is 64.1 Å². The fourth-order valence-corrected chi connectivity index (χ4v) is 3.27. The zero-order valence-corrected chi connectivity index (χ0v) is 17.7. The van der Waals surface area contributed by atoms with E-state index < -0.39 is 0 Å². The second-order valence-corrected chi connectivity index (χ2v) is 7.09. The lowest BCUT2D eigenvalue weighted by molar-refractivity contribution is -0.117. The van der Waals surface area contributed by atoms with Gasteiger partial charge in [-0.05, 0) is 36.2 Å². The maximum absolute atomic E-state index is 11.9. The Morgan fingerprint density at radius 3 is 2.70 bits per heavy atom. The molecular weight excluding hydrogens is 380 g/mol. The molecule has 1 amide bonds. The van der Waals surface area contributed by atoms with Gasteiger partial charge in [0.15, 0.2) is 5.96 Å². The maximum Gasteiger partial charge on any atom is 0.227 e. The number of rotatable bonds is 9. The molecule has 0 aromatic heterocycles. The van der Waals surface area contributed by atoms with Crippen molar-refractivity contribution < 1.29 is 14.3 Å². The van der Waals surface area contributed by atoms with E-state index in [4.69, 9.17) is 9.47 Å². The smallest absolute Gasteiger partial charge is 0.227 e. The summed E-state index contributed by atoms with van der Waals surface area (Å²) in [6.07, 6.45) is 2.43. The van der Waals surface area contributed by atoms with E-state index in [1.807, 2.05) is 53.4 Å².